The Balaban J connectivity index is 2.70. The van der Waals surface area contributed by atoms with Crippen molar-refractivity contribution < 1.29 is 4.74 Å². The molecule has 1 aromatic carbocycles. The third-order valence-corrected chi connectivity index (χ3v) is 4.20. The van der Waals surface area contributed by atoms with Gasteiger partial charge in [-0.3, -0.25) is 0 Å². The number of hydrogen-bond donors (Lipinski definition) is 1. The molecule has 0 bridgehead atoms. The van der Waals surface area contributed by atoms with Gasteiger partial charge in [0.1, 0.15) is 0 Å². The molecule has 1 N–H and O–H groups in total. The van der Waals surface area contributed by atoms with E-state index in [-0.39, 0.29) is 5.60 Å². The smallest absolute Gasteiger partial charge is 0.0623 e. The van der Waals surface area contributed by atoms with Crippen molar-refractivity contribution in [2.24, 2.45) is 0 Å². The number of hydrogen-bond acceptors (Lipinski definition) is 2. The van der Waals surface area contributed by atoms with Gasteiger partial charge in [0, 0.05) is 16.7 Å². The quantitative estimate of drug-likeness (QED) is 0.792. The SMILES string of the molecule is CNC(CCC(C)(C)OC)c1ccccc1I. The van der Waals surface area contributed by atoms with E-state index in [1.165, 1.54) is 9.13 Å². The second-order valence-electron chi connectivity index (χ2n) is 4.87. The van der Waals surface area contributed by atoms with Crippen LogP contribution in [0, 0.1) is 3.57 Å². The largest absolute Gasteiger partial charge is 0.379 e. The van der Waals surface area contributed by atoms with Gasteiger partial charge in [0.25, 0.3) is 0 Å². The van der Waals surface area contributed by atoms with Gasteiger partial charge >= 0.3 is 0 Å². The van der Waals surface area contributed by atoms with Crippen LogP contribution < -0.4 is 5.32 Å². The molecule has 0 aromatic heterocycles. The summed E-state index contributed by atoms with van der Waals surface area (Å²) in [4.78, 5) is 0. The fourth-order valence-corrected chi connectivity index (χ4v) is 2.57. The Bertz CT molecular complexity index is 352. The van der Waals surface area contributed by atoms with Crippen molar-refractivity contribution in [3.8, 4) is 0 Å². The highest BCUT2D eigenvalue weighted by molar-refractivity contribution is 14.1. The lowest BCUT2D eigenvalue weighted by atomic mass is 9.95. The topological polar surface area (TPSA) is 21.3 Å². The molecule has 1 unspecified atom stereocenters. The second kappa shape index (κ2) is 6.71. The summed E-state index contributed by atoms with van der Waals surface area (Å²) in [6.45, 7) is 4.27. The maximum absolute atomic E-state index is 5.47. The number of methoxy groups -OCH3 is 1. The molecule has 0 aliphatic heterocycles. The molecule has 0 aliphatic carbocycles. The van der Waals surface area contributed by atoms with E-state index >= 15 is 0 Å². The van der Waals surface area contributed by atoms with Crippen molar-refractivity contribution >= 4 is 22.6 Å². The average Bonchev–Trinajstić information content (AvgIpc) is 2.32. The summed E-state index contributed by atoms with van der Waals surface area (Å²) in [5.41, 5.74) is 1.33. The number of rotatable bonds is 6. The predicted octanol–water partition coefficient (Wildman–Crippen LogP) is 3.76. The van der Waals surface area contributed by atoms with Crippen molar-refractivity contribution in [1.82, 2.24) is 5.32 Å². The van der Waals surface area contributed by atoms with E-state index < -0.39 is 0 Å². The van der Waals surface area contributed by atoms with Crippen molar-refractivity contribution in [3.63, 3.8) is 0 Å². The van der Waals surface area contributed by atoms with E-state index in [1.54, 1.807) is 7.11 Å². The molecule has 1 aromatic rings. The zero-order valence-electron chi connectivity index (χ0n) is 11.1. The van der Waals surface area contributed by atoms with Gasteiger partial charge < -0.3 is 10.1 Å². The van der Waals surface area contributed by atoms with E-state index in [0.717, 1.165) is 12.8 Å². The lowest BCUT2D eigenvalue weighted by molar-refractivity contribution is 0.0118. The lowest BCUT2D eigenvalue weighted by Crippen LogP contribution is -2.26. The molecule has 0 amide bonds. The molecule has 0 heterocycles. The number of ether oxygens (including phenoxy) is 1. The third kappa shape index (κ3) is 4.56. The molecular weight excluding hydrogens is 325 g/mol. The Kier molecular flexibility index (Phi) is 5.89. The van der Waals surface area contributed by atoms with Gasteiger partial charge in [0.2, 0.25) is 0 Å². The van der Waals surface area contributed by atoms with Gasteiger partial charge in [-0.15, -0.1) is 0 Å². The van der Waals surface area contributed by atoms with Crippen molar-refractivity contribution in [2.75, 3.05) is 14.2 Å². The van der Waals surface area contributed by atoms with Crippen LogP contribution in [-0.4, -0.2) is 19.8 Å². The van der Waals surface area contributed by atoms with Gasteiger partial charge in [0.15, 0.2) is 0 Å². The Morgan fingerprint density at radius 2 is 2.00 bits per heavy atom. The molecule has 0 saturated heterocycles. The minimum atomic E-state index is -0.0463. The first-order valence-electron chi connectivity index (χ1n) is 5.97. The predicted molar refractivity (Wildman–Crippen MR) is 81.3 cm³/mol. The van der Waals surface area contributed by atoms with Crippen molar-refractivity contribution in [2.45, 2.75) is 38.3 Å². The van der Waals surface area contributed by atoms with E-state index in [1.807, 2.05) is 7.05 Å². The molecule has 2 nitrogen and oxygen atoms in total. The fraction of sp³-hybridized carbons (Fsp3) is 0.571. The van der Waals surface area contributed by atoms with Gasteiger partial charge in [-0.25, -0.2) is 0 Å². The molecule has 96 valence electrons. The molecule has 0 radical (unpaired) electrons. The molecule has 0 fully saturated rings. The Morgan fingerprint density at radius 1 is 1.35 bits per heavy atom. The first-order valence-corrected chi connectivity index (χ1v) is 7.05. The standard InChI is InChI=1S/C14H22INO/c1-14(2,17-4)10-9-13(16-3)11-7-5-6-8-12(11)15/h5-8,13,16H,9-10H2,1-4H3. The maximum Gasteiger partial charge on any atom is 0.0623 e. The van der Waals surface area contributed by atoms with Gasteiger partial charge in [-0.1, -0.05) is 18.2 Å². The normalized spacial score (nSPS) is 13.7. The van der Waals surface area contributed by atoms with Crippen LogP contribution in [0.15, 0.2) is 24.3 Å². The van der Waals surface area contributed by atoms with E-state index in [9.17, 15) is 0 Å². The van der Waals surface area contributed by atoms with Gasteiger partial charge in [-0.05, 0) is 68.0 Å². The summed E-state index contributed by atoms with van der Waals surface area (Å²) in [5.74, 6) is 0. The van der Waals surface area contributed by atoms with E-state index in [0.29, 0.717) is 6.04 Å². The Morgan fingerprint density at radius 3 is 2.53 bits per heavy atom. The molecule has 0 saturated carbocycles. The van der Waals surface area contributed by atoms with Crippen LogP contribution in [0.3, 0.4) is 0 Å². The number of benzene rings is 1. The molecule has 1 rings (SSSR count). The molecule has 17 heavy (non-hydrogen) atoms. The second-order valence-corrected chi connectivity index (χ2v) is 6.03. The summed E-state index contributed by atoms with van der Waals surface area (Å²) in [7, 11) is 3.80. The molecule has 1 atom stereocenters. The molecule has 0 aliphatic rings. The summed E-state index contributed by atoms with van der Waals surface area (Å²) in [6, 6.07) is 8.93. The minimum absolute atomic E-state index is 0.0463. The van der Waals surface area contributed by atoms with Crippen LogP contribution in [0.25, 0.3) is 0 Å². The van der Waals surface area contributed by atoms with Crippen LogP contribution >= 0.6 is 22.6 Å². The Hall–Kier alpha value is -0.130. The molecule has 3 heteroatoms. The molecule has 0 spiro atoms. The monoisotopic (exact) mass is 347 g/mol. The zero-order valence-corrected chi connectivity index (χ0v) is 13.2. The van der Waals surface area contributed by atoms with Crippen LogP contribution in [-0.2, 0) is 4.74 Å². The van der Waals surface area contributed by atoms with Crippen LogP contribution in [0.1, 0.15) is 38.3 Å². The lowest BCUT2D eigenvalue weighted by Gasteiger charge is -2.26. The average molecular weight is 347 g/mol. The summed E-state index contributed by atoms with van der Waals surface area (Å²) >= 11 is 2.40. The highest BCUT2D eigenvalue weighted by Crippen LogP contribution is 2.27. The van der Waals surface area contributed by atoms with Gasteiger partial charge in [-0.2, -0.15) is 0 Å². The highest BCUT2D eigenvalue weighted by atomic mass is 127. The van der Waals surface area contributed by atoms with Crippen LogP contribution in [0.5, 0.6) is 0 Å². The van der Waals surface area contributed by atoms with Crippen molar-refractivity contribution in [1.29, 1.82) is 0 Å². The minimum Gasteiger partial charge on any atom is -0.379 e. The van der Waals surface area contributed by atoms with E-state index in [2.05, 4.69) is 66.0 Å². The first kappa shape index (κ1) is 14.9. The summed E-state index contributed by atoms with van der Waals surface area (Å²) in [5, 5.41) is 3.40. The Labute approximate surface area is 118 Å². The highest BCUT2D eigenvalue weighted by Gasteiger charge is 2.20. The first-order chi connectivity index (χ1) is 8.00. The summed E-state index contributed by atoms with van der Waals surface area (Å²) in [6.07, 6.45) is 2.12. The molecular formula is C14H22INO. The van der Waals surface area contributed by atoms with Crippen LogP contribution in [0.2, 0.25) is 0 Å². The number of halogens is 1. The van der Waals surface area contributed by atoms with E-state index in [4.69, 9.17) is 4.74 Å². The zero-order chi connectivity index (χ0) is 12.9. The number of nitrogens with one attached hydrogen (secondary N) is 1. The van der Waals surface area contributed by atoms with Gasteiger partial charge in [0.05, 0.1) is 5.60 Å². The van der Waals surface area contributed by atoms with Crippen molar-refractivity contribution in [3.05, 3.63) is 33.4 Å². The van der Waals surface area contributed by atoms with Crippen LogP contribution in [0.4, 0.5) is 0 Å². The fourth-order valence-electron chi connectivity index (χ4n) is 1.81. The summed E-state index contributed by atoms with van der Waals surface area (Å²) < 4.78 is 6.79. The maximum atomic E-state index is 5.47. The third-order valence-electron chi connectivity index (χ3n) is 3.22.